The van der Waals surface area contributed by atoms with E-state index in [2.05, 4.69) is 20.2 Å². The fraction of sp³-hybridized carbons (Fsp3) is 0.643. The van der Waals surface area contributed by atoms with E-state index in [9.17, 15) is 0 Å². The summed E-state index contributed by atoms with van der Waals surface area (Å²) < 4.78 is 0. The number of nitrogens with zero attached hydrogens (tertiary/aromatic N) is 4. The third-order valence-electron chi connectivity index (χ3n) is 4.35. The van der Waals surface area contributed by atoms with E-state index in [1.807, 2.05) is 6.07 Å². The third kappa shape index (κ3) is 2.28. The monoisotopic (exact) mass is 257 g/mol. The summed E-state index contributed by atoms with van der Waals surface area (Å²) in [6.45, 7) is 3.00. The first kappa shape index (κ1) is 12.4. The second kappa shape index (κ2) is 5.14. The summed E-state index contributed by atoms with van der Waals surface area (Å²) in [6, 6.07) is 2.02. The maximum absolute atomic E-state index is 8.80. The molecule has 1 saturated carbocycles. The lowest BCUT2D eigenvalue weighted by Gasteiger charge is -2.50. The molecule has 1 aromatic rings. The second-order valence-electron chi connectivity index (χ2n) is 5.49. The Hall–Kier alpha value is -1.67. The Balaban J connectivity index is 1.89. The highest BCUT2D eigenvalue weighted by Crippen LogP contribution is 2.36. The number of hydrogen-bond acceptors (Lipinski definition) is 5. The number of rotatable bonds is 1. The van der Waals surface area contributed by atoms with Crippen LogP contribution in [0.3, 0.4) is 0 Å². The van der Waals surface area contributed by atoms with Crippen molar-refractivity contribution in [2.75, 3.05) is 24.5 Å². The summed E-state index contributed by atoms with van der Waals surface area (Å²) in [6.07, 6.45) is 9.70. The van der Waals surface area contributed by atoms with Crippen molar-refractivity contribution < 1.29 is 0 Å². The molecule has 1 aliphatic carbocycles. The van der Waals surface area contributed by atoms with Crippen LogP contribution in [0.25, 0.3) is 0 Å². The number of nitriles is 1. The van der Waals surface area contributed by atoms with Crippen LogP contribution in [0.15, 0.2) is 12.4 Å². The zero-order valence-electron chi connectivity index (χ0n) is 11.1. The molecule has 0 amide bonds. The van der Waals surface area contributed by atoms with E-state index in [4.69, 9.17) is 5.26 Å². The van der Waals surface area contributed by atoms with E-state index < -0.39 is 0 Å². The summed E-state index contributed by atoms with van der Waals surface area (Å²) in [5.41, 5.74) is 0.593. The zero-order valence-corrected chi connectivity index (χ0v) is 11.1. The molecule has 1 aliphatic heterocycles. The van der Waals surface area contributed by atoms with Crippen LogP contribution in [0.2, 0.25) is 0 Å². The van der Waals surface area contributed by atoms with Gasteiger partial charge in [0.05, 0.1) is 17.9 Å². The molecular formula is C14H19N5. The van der Waals surface area contributed by atoms with Crippen LogP contribution in [0, 0.1) is 11.3 Å². The van der Waals surface area contributed by atoms with Crippen molar-refractivity contribution in [2.45, 2.75) is 37.6 Å². The Labute approximate surface area is 113 Å². The fourth-order valence-electron chi connectivity index (χ4n) is 3.38. The van der Waals surface area contributed by atoms with Crippen LogP contribution < -0.4 is 10.2 Å². The Morgan fingerprint density at radius 3 is 2.74 bits per heavy atom. The molecule has 3 rings (SSSR count). The molecule has 0 radical (unpaired) electrons. The quantitative estimate of drug-likeness (QED) is 0.825. The van der Waals surface area contributed by atoms with Gasteiger partial charge in [-0.15, -0.1) is 0 Å². The standard InChI is InChI=1S/C14H19N5/c15-8-12-9-18-13(10-17-12)19-7-6-16-11-14(19)4-2-1-3-5-14/h9-10,16H,1-7,11H2. The lowest BCUT2D eigenvalue weighted by atomic mass is 9.79. The van der Waals surface area contributed by atoms with Gasteiger partial charge in [0, 0.05) is 19.6 Å². The Bertz CT molecular complexity index is 461. The van der Waals surface area contributed by atoms with Crippen molar-refractivity contribution in [3.05, 3.63) is 18.1 Å². The Morgan fingerprint density at radius 2 is 2.05 bits per heavy atom. The summed E-state index contributed by atoms with van der Waals surface area (Å²) in [5.74, 6) is 0.919. The Morgan fingerprint density at radius 1 is 1.21 bits per heavy atom. The average Bonchev–Trinajstić information content (AvgIpc) is 2.49. The molecule has 1 saturated heterocycles. The van der Waals surface area contributed by atoms with Crippen molar-refractivity contribution >= 4 is 5.82 Å². The van der Waals surface area contributed by atoms with E-state index in [1.165, 1.54) is 32.1 Å². The normalized spacial score (nSPS) is 22.2. The van der Waals surface area contributed by atoms with Crippen LogP contribution in [0.1, 0.15) is 37.8 Å². The van der Waals surface area contributed by atoms with Crippen molar-refractivity contribution in [2.24, 2.45) is 0 Å². The van der Waals surface area contributed by atoms with Crippen LogP contribution in [-0.4, -0.2) is 35.1 Å². The summed E-state index contributed by atoms with van der Waals surface area (Å²) in [7, 11) is 0. The lowest BCUT2D eigenvalue weighted by Crippen LogP contribution is -2.62. The van der Waals surface area contributed by atoms with Gasteiger partial charge < -0.3 is 10.2 Å². The highest BCUT2D eigenvalue weighted by Gasteiger charge is 2.40. The summed E-state index contributed by atoms with van der Waals surface area (Å²) >= 11 is 0. The number of piperazine rings is 1. The third-order valence-corrected chi connectivity index (χ3v) is 4.35. The predicted molar refractivity (Wildman–Crippen MR) is 72.8 cm³/mol. The van der Waals surface area contributed by atoms with Gasteiger partial charge in [0.15, 0.2) is 5.69 Å². The number of hydrogen-bond donors (Lipinski definition) is 1. The minimum atomic E-state index is 0.208. The smallest absolute Gasteiger partial charge is 0.158 e. The molecule has 0 unspecified atom stereocenters. The minimum Gasteiger partial charge on any atom is -0.347 e. The van der Waals surface area contributed by atoms with Gasteiger partial charge in [0.25, 0.3) is 0 Å². The fourth-order valence-corrected chi connectivity index (χ4v) is 3.38. The molecule has 1 N–H and O–H groups in total. The molecule has 1 aromatic heterocycles. The maximum atomic E-state index is 8.80. The SMILES string of the molecule is N#Cc1cnc(N2CCNCC23CCCCC3)cn1. The van der Waals surface area contributed by atoms with Gasteiger partial charge in [-0.05, 0) is 12.8 Å². The van der Waals surface area contributed by atoms with Crippen LogP contribution in [0.5, 0.6) is 0 Å². The van der Waals surface area contributed by atoms with Crippen LogP contribution in [0.4, 0.5) is 5.82 Å². The van der Waals surface area contributed by atoms with Crippen molar-refractivity contribution in [1.29, 1.82) is 5.26 Å². The highest BCUT2D eigenvalue weighted by molar-refractivity contribution is 5.42. The minimum absolute atomic E-state index is 0.208. The van der Waals surface area contributed by atoms with Gasteiger partial charge in [0.2, 0.25) is 0 Å². The van der Waals surface area contributed by atoms with Gasteiger partial charge in [-0.2, -0.15) is 5.26 Å². The van der Waals surface area contributed by atoms with Gasteiger partial charge in [-0.1, -0.05) is 19.3 Å². The molecule has 0 bridgehead atoms. The first-order chi connectivity index (χ1) is 9.34. The second-order valence-corrected chi connectivity index (χ2v) is 5.49. The first-order valence-electron chi connectivity index (χ1n) is 7.05. The summed E-state index contributed by atoms with van der Waals surface area (Å²) in [4.78, 5) is 11.0. The Kier molecular flexibility index (Phi) is 3.34. The number of nitrogens with one attached hydrogen (secondary N) is 1. The molecule has 2 heterocycles. The zero-order chi connectivity index (χ0) is 13.1. The summed E-state index contributed by atoms with van der Waals surface area (Å²) in [5, 5.41) is 12.3. The van der Waals surface area contributed by atoms with Crippen molar-refractivity contribution in [3.8, 4) is 6.07 Å². The van der Waals surface area contributed by atoms with Crippen LogP contribution >= 0.6 is 0 Å². The largest absolute Gasteiger partial charge is 0.347 e. The van der Waals surface area contributed by atoms with Crippen molar-refractivity contribution in [3.63, 3.8) is 0 Å². The molecule has 2 aliphatic rings. The number of anilines is 1. The van der Waals surface area contributed by atoms with Gasteiger partial charge in [0.1, 0.15) is 11.9 Å². The highest BCUT2D eigenvalue weighted by atomic mass is 15.3. The van der Waals surface area contributed by atoms with E-state index in [1.54, 1.807) is 12.4 Å². The van der Waals surface area contributed by atoms with E-state index in [0.29, 0.717) is 5.69 Å². The van der Waals surface area contributed by atoms with E-state index in [-0.39, 0.29) is 5.54 Å². The lowest BCUT2D eigenvalue weighted by molar-refractivity contribution is 0.239. The van der Waals surface area contributed by atoms with Gasteiger partial charge >= 0.3 is 0 Å². The topological polar surface area (TPSA) is 64.8 Å². The van der Waals surface area contributed by atoms with Gasteiger partial charge in [-0.25, -0.2) is 9.97 Å². The molecule has 0 aromatic carbocycles. The average molecular weight is 257 g/mol. The van der Waals surface area contributed by atoms with E-state index in [0.717, 1.165) is 25.5 Å². The molecule has 5 nitrogen and oxygen atoms in total. The molecule has 2 fully saturated rings. The molecular weight excluding hydrogens is 238 g/mol. The maximum Gasteiger partial charge on any atom is 0.158 e. The molecule has 19 heavy (non-hydrogen) atoms. The molecule has 5 heteroatoms. The van der Waals surface area contributed by atoms with E-state index >= 15 is 0 Å². The van der Waals surface area contributed by atoms with Crippen molar-refractivity contribution in [1.82, 2.24) is 15.3 Å². The number of aromatic nitrogens is 2. The first-order valence-corrected chi connectivity index (χ1v) is 7.05. The van der Waals surface area contributed by atoms with Gasteiger partial charge in [-0.3, -0.25) is 0 Å². The predicted octanol–water partition coefficient (Wildman–Crippen LogP) is 1.46. The van der Waals surface area contributed by atoms with Crippen LogP contribution in [-0.2, 0) is 0 Å². The molecule has 1 spiro atoms. The molecule has 100 valence electrons. The molecule has 0 atom stereocenters.